The van der Waals surface area contributed by atoms with Crippen LogP contribution in [0.1, 0.15) is 77.0 Å². The van der Waals surface area contributed by atoms with Crippen LogP contribution < -0.4 is 0 Å². The van der Waals surface area contributed by atoms with Gasteiger partial charge in [0, 0.05) is 0 Å². The molecule has 15 heavy (non-hydrogen) atoms. The molecule has 2 saturated carbocycles. The molecule has 2 fully saturated rings. The summed E-state index contributed by atoms with van der Waals surface area (Å²) in [6, 6.07) is 0. The van der Waals surface area contributed by atoms with Crippen molar-refractivity contribution in [1.82, 2.24) is 0 Å². The molecule has 0 aliphatic heterocycles. The highest BCUT2D eigenvalue weighted by atomic mass is 16.3. The van der Waals surface area contributed by atoms with E-state index in [9.17, 15) is 5.11 Å². The van der Waals surface area contributed by atoms with Crippen LogP contribution in [0.25, 0.3) is 0 Å². The van der Waals surface area contributed by atoms with E-state index in [4.69, 9.17) is 0 Å². The Kier molecular flexibility index (Phi) is 4.07. The van der Waals surface area contributed by atoms with Gasteiger partial charge in [-0.15, -0.1) is 0 Å². The molecule has 0 aromatic heterocycles. The van der Waals surface area contributed by atoms with Crippen molar-refractivity contribution in [3.8, 4) is 0 Å². The van der Waals surface area contributed by atoms with Crippen molar-refractivity contribution in [2.24, 2.45) is 5.92 Å². The molecule has 0 unspecified atom stereocenters. The van der Waals surface area contributed by atoms with Crippen LogP contribution >= 0.6 is 0 Å². The zero-order chi connectivity index (χ0) is 10.6. The molecule has 0 atom stereocenters. The Hall–Kier alpha value is -0.0400. The summed E-state index contributed by atoms with van der Waals surface area (Å²) in [7, 11) is 0. The summed E-state index contributed by atoms with van der Waals surface area (Å²) in [5.41, 5.74) is -0.268. The van der Waals surface area contributed by atoms with E-state index in [0.29, 0.717) is 5.92 Å². The van der Waals surface area contributed by atoms with Crippen LogP contribution in [0, 0.1) is 5.92 Å². The standard InChI is InChI=1S/C14H26O/c15-14(11-7-4-8-12-14)13-9-5-2-1-3-6-10-13/h13,15H,1-12H2. The van der Waals surface area contributed by atoms with Gasteiger partial charge in [-0.05, 0) is 31.6 Å². The van der Waals surface area contributed by atoms with Crippen molar-refractivity contribution in [3.63, 3.8) is 0 Å². The van der Waals surface area contributed by atoms with E-state index < -0.39 is 0 Å². The van der Waals surface area contributed by atoms with Crippen LogP contribution in [0.4, 0.5) is 0 Å². The number of aliphatic hydroxyl groups is 1. The Morgan fingerprint density at radius 3 is 1.73 bits per heavy atom. The van der Waals surface area contributed by atoms with Crippen LogP contribution in [-0.2, 0) is 0 Å². The van der Waals surface area contributed by atoms with Gasteiger partial charge in [-0.2, -0.15) is 0 Å². The molecule has 2 aliphatic rings. The minimum atomic E-state index is -0.268. The topological polar surface area (TPSA) is 20.2 Å². The molecule has 0 bridgehead atoms. The van der Waals surface area contributed by atoms with Crippen molar-refractivity contribution >= 4 is 0 Å². The SMILES string of the molecule is OC1(C2CCCCCCC2)CCCCC1. The fourth-order valence-electron chi connectivity index (χ4n) is 3.57. The third-order valence-electron chi connectivity index (χ3n) is 4.58. The predicted octanol–water partition coefficient (Wildman–Crippen LogP) is 4.04. The Labute approximate surface area is 94.3 Å². The van der Waals surface area contributed by atoms with Gasteiger partial charge in [0.15, 0.2) is 0 Å². The molecule has 0 saturated heterocycles. The largest absolute Gasteiger partial charge is 0.390 e. The van der Waals surface area contributed by atoms with E-state index in [1.807, 2.05) is 0 Å². The summed E-state index contributed by atoms with van der Waals surface area (Å²) < 4.78 is 0. The van der Waals surface area contributed by atoms with Gasteiger partial charge in [0.1, 0.15) is 0 Å². The van der Waals surface area contributed by atoms with Gasteiger partial charge in [-0.3, -0.25) is 0 Å². The Bertz CT molecular complexity index is 174. The second kappa shape index (κ2) is 5.34. The number of hydrogen-bond donors (Lipinski definition) is 1. The van der Waals surface area contributed by atoms with Crippen molar-refractivity contribution < 1.29 is 5.11 Å². The lowest BCUT2D eigenvalue weighted by Gasteiger charge is -2.40. The molecule has 2 rings (SSSR count). The first-order valence-electron chi connectivity index (χ1n) is 7.04. The van der Waals surface area contributed by atoms with Gasteiger partial charge >= 0.3 is 0 Å². The smallest absolute Gasteiger partial charge is 0.0675 e. The molecule has 0 aromatic carbocycles. The fourth-order valence-corrected chi connectivity index (χ4v) is 3.57. The summed E-state index contributed by atoms with van der Waals surface area (Å²) in [5.74, 6) is 0.623. The summed E-state index contributed by atoms with van der Waals surface area (Å²) in [6.07, 6.45) is 15.5. The Morgan fingerprint density at radius 1 is 0.667 bits per heavy atom. The molecule has 0 spiro atoms. The third-order valence-corrected chi connectivity index (χ3v) is 4.58. The first-order chi connectivity index (χ1) is 7.31. The van der Waals surface area contributed by atoms with Gasteiger partial charge in [0.05, 0.1) is 5.60 Å². The van der Waals surface area contributed by atoms with Crippen molar-refractivity contribution in [2.75, 3.05) is 0 Å². The second-order valence-electron chi connectivity index (χ2n) is 5.71. The Balaban J connectivity index is 1.92. The summed E-state index contributed by atoms with van der Waals surface area (Å²) >= 11 is 0. The average molecular weight is 210 g/mol. The predicted molar refractivity (Wildman–Crippen MR) is 63.8 cm³/mol. The molecule has 1 nitrogen and oxygen atoms in total. The van der Waals surface area contributed by atoms with Crippen LogP contribution in [0.3, 0.4) is 0 Å². The third kappa shape index (κ3) is 2.96. The van der Waals surface area contributed by atoms with Crippen LogP contribution in [0.2, 0.25) is 0 Å². The van der Waals surface area contributed by atoms with Crippen molar-refractivity contribution in [1.29, 1.82) is 0 Å². The first kappa shape index (κ1) is 11.4. The normalized spacial score (nSPS) is 29.4. The summed E-state index contributed by atoms with van der Waals surface area (Å²) in [4.78, 5) is 0. The number of hydrogen-bond acceptors (Lipinski definition) is 1. The zero-order valence-corrected chi connectivity index (χ0v) is 10.0. The van der Waals surface area contributed by atoms with Crippen LogP contribution in [0.5, 0.6) is 0 Å². The molecule has 0 radical (unpaired) electrons. The van der Waals surface area contributed by atoms with Crippen molar-refractivity contribution in [2.45, 2.75) is 82.7 Å². The molecule has 2 aliphatic carbocycles. The lowest BCUT2D eigenvalue weighted by molar-refractivity contribution is -0.0575. The molecule has 88 valence electrons. The molecule has 0 aromatic rings. The minimum absolute atomic E-state index is 0.268. The van der Waals surface area contributed by atoms with Gasteiger partial charge in [0.25, 0.3) is 0 Å². The molecular weight excluding hydrogens is 184 g/mol. The summed E-state index contributed by atoms with van der Waals surface area (Å²) in [5, 5.41) is 10.7. The van der Waals surface area contributed by atoms with E-state index in [1.54, 1.807) is 0 Å². The van der Waals surface area contributed by atoms with Crippen molar-refractivity contribution in [3.05, 3.63) is 0 Å². The van der Waals surface area contributed by atoms with Gasteiger partial charge in [0.2, 0.25) is 0 Å². The maximum Gasteiger partial charge on any atom is 0.0675 e. The lowest BCUT2D eigenvalue weighted by atomic mass is 9.71. The zero-order valence-electron chi connectivity index (χ0n) is 10.0. The maximum absolute atomic E-state index is 10.7. The molecule has 1 N–H and O–H groups in total. The van der Waals surface area contributed by atoms with E-state index in [2.05, 4.69) is 0 Å². The average Bonchev–Trinajstić information content (AvgIpc) is 2.17. The van der Waals surface area contributed by atoms with E-state index in [0.717, 1.165) is 12.8 Å². The number of rotatable bonds is 1. The summed E-state index contributed by atoms with van der Waals surface area (Å²) in [6.45, 7) is 0. The quantitative estimate of drug-likeness (QED) is 0.692. The molecule has 1 heteroatoms. The highest BCUT2D eigenvalue weighted by molar-refractivity contribution is 4.89. The second-order valence-corrected chi connectivity index (χ2v) is 5.71. The first-order valence-corrected chi connectivity index (χ1v) is 7.04. The van der Waals surface area contributed by atoms with Crippen LogP contribution in [-0.4, -0.2) is 10.7 Å². The monoisotopic (exact) mass is 210 g/mol. The Morgan fingerprint density at radius 2 is 1.13 bits per heavy atom. The molecule has 0 heterocycles. The lowest BCUT2D eigenvalue weighted by Crippen LogP contribution is -2.40. The van der Waals surface area contributed by atoms with Gasteiger partial charge in [-0.1, -0.05) is 51.4 Å². The van der Waals surface area contributed by atoms with Gasteiger partial charge in [-0.25, -0.2) is 0 Å². The highest BCUT2D eigenvalue weighted by Crippen LogP contribution is 2.40. The highest BCUT2D eigenvalue weighted by Gasteiger charge is 2.36. The fraction of sp³-hybridized carbons (Fsp3) is 1.00. The van der Waals surface area contributed by atoms with Crippen LogP contribution in [0.15, 0.2) is 0 Å². The molecule has 0 amide bonds. The molecular formula is C14H26O. The minimum Gasteiger partial charge on any atom is -0.390 e. The van der Waals surface area contributed by atoms with Gasteiger partial charge < -0.3 is 5.11 Å². The maximum atomic E-state index is 10.7. The van der Waals surface area contributed by atoms with E-state index >= 15 is 0 Å². The van der Waals surface area contributed by atoms with E-state index in [-0.39, 0.29) is 5.60 Å². The van der Waals surface area contributed by atoms with E-state index in [1.165, 1.54) is 64.2 Å².